The smallest absolute Gasteiger partial charge is 0.0768 e. The molecule has 1 aromatic heterocycles. The van der Waals surface area contributed by atoms with Crippen LogP contribution < -0.4 is 0 Å². The first-order valence-corrected chi connectivity index (χ1v) is 11.4. The molecule has 0 saturated heterocycles. The quantitative estimate of drug-likeness (QED) is 0.341. The van der Waals surface area contributed by atoms with Crippen LogP contribution in [0, 0.1) is 13.8 Å². The minimum atomic E-state index is 1.04. The molecule has 1 aliphatic rings. The van der Waals surface area contributed by atoms with Gasteiger partial charge in [0.2, 0.25) is 0 Å². The normalized spacial score (nSPS) is 15.1. The Morgan fingerprint density at radius 2 is 1.21 bits per heavy atom. The highest BCUT2D eigenvalue weighted by atomic mass is 14.8. The van der Waals surface area contributed by atoms with E-state index < -0.39 is 0 Å². The van der Waals surface area contributed by atoms with E-state index in [0.29, 0.717) is 0 Å². The van der Waals surface area contributed by atoms with E-state index in [1.54, 1.807) is 0 Å². The summed E-state index contributed by atoms with van der Waals surface area (Å²) in [6.45, 7) is 8.69. The van der Waals surface area contributed by atoms with Crippen LogP contribution in [0.15, 0.2) is 107 Å². The molecule has 2 heteroatoms. The molecular weight excluding hydrogens is 400 g/mol. The number of hydrogen-bond donors (Lipinski definition) is 1. The average molecular weight is 429 g/mol. The van der Waals surface area contributed by atoms with Gasteiger partial charge in [-0.25, -0.2) is 0 Å². The Labute approximate surface area is 196 Å². The highest BCUT2D eigenvalue weighted by molar-refractivity contribution is 6.27. The van der Waals surface area contributed by atoms with Crippen LogP contribution in [0.5, 0.6) is 0 Å². The van der Waals surface area contributed by atoms with Crippen molar-refractivity contribution >= 4 is 16.9 Å². The first kappa shape index (κ1) is 21.0. The van der Waals surface area contributed by atoms with Crippen molar-refractivity contribution < 1.29 is 0 Å². The van der Waals surface area contributed by atoms with E-state index in [1.165, 1.54) is 44.7 Å². The average Bonchev–Trinajstić information content (AvgIpc) is 3.30. The topological polar surface area (TPSA) is 28.1 Å². The van der Waals surface area contributed by atoms with Crippen molar-refractivity contribution in [3.63, 3.8) is 0 Å². The number of nitrogens with zero attached hydrogens (tertiary/aromatic N) is 1. The highest BCUT2D eigenvalue weighted by Crippen LogP contribution is 2.42. The van der Waals surface area contributed by atoms with Gasteiger partial charge in [-0.1, -0.05) is 91.0 Å². The summed E-state index contributed by atoms with van der Waals surface area (Å²) >= 11 is 0. The fourth-order valence-electron chi connectivity index (χ4n) is 5.01. The Hall–Kier alpha value is -3.91. The Morgan fingerprint density at radius 3 is 1.82 bits per heavy atom. The Bertz CT molecular complexity index is 1400. The number of hydrogen-bond acceptors (Lipinski definition) is 1. The maximum atomic E-state index is 5.14. The molecule has 0 aliphatic carbocycles. The van der Waals surface area contributed by atoms with Gasteiger partial charge in [-0.2, -0.15) is 0 Å². The van der Waals surface area contributed by atoms with Gasteiger partial charge in [0.1, 0.15) is 0 Å². The molecule has 0 saturated carbocycles. The zero-order chi connectivity index (χ0) is 22.9. The highest BCUT2D eigenvalue weighted by Gasteiger charge is 2.26. The summed E-state index contributed by atoms with van der Waals surface area (Å²) in [5, 5.41) is 0. The van der Waals surface area contributed by atoms with Crippen molar-refractivity contribution in [2.45, 2.75) is 27.7 Å². The first-order chi connectivity index (χ1) is 16.1. The minimum Gasteiger partial charge on any atom is -0.358 e. The molecule has 3 aromatic carbocycles. The number of rotatable bonds is 4. The van der Waals surface area contributed by atoms with Crippen molar-refractivity contribution in [2.24, 2.45) is 4.99 Å². The van der Waals surface area contributed by atoms with Gasteiger partial charge in [0.05, 0.1) is 11.4 Å². The third kappa shape index (κ3) is 3.68. The lowest BCUT2D eigenvalue weighted by Gasteiger charge is -2.13. The molecule has 1 N–H and O–H groups in total. The van der Waals surface area contributed by atoms with Gasteiger partial charge < -0.3 is 4.98 Å². The molecule has 0 radical (unpaired) electrons. The molecule has 0 atom stereocenters. The predicted octanol–water partition coefficient (Wildman–Crippen LogP) is 8.01. The molecule has 5 rings (SSSR count). The molecule has 0 amide bonds. The number of aromatic nitrogens is 1. The third-order valence-corrected chi connectivity index (χ3v) is 6.48. The predicted molar refractivity (Wildman–Crippen MR) is 140 cm³/mol. The van der Waals surface area contributed by atoms with E-state index in [1.807, 2.05) is 0 Å². The van der Waals surface area contributed by atoms with E-state index in [2.05, 4.69) is 124 Å². The van der Waals surface area contributed by atoms with Crippen LogP contribution in [-0.2, 0) is 0 Å². The summed E-state index contributed by atoms with van der Waals surface area (Å²) in [7, 11) is 0. The maximum absolute atomic E-state index is 5.14. The van der Waals surface area contributed by atoms with E-state index in [-0.39, 0.29) is 0 Å². The van der Waals surface area contributed by atoms with Gasteiger partial charge >= 0.3 is 0 Å². The molecule has 4 aromatic rings. The molecule has 1 aliphatic heterocycles. The molecule has 2 heterocycles. The number of aryl methyl sites for hydroxylation is 1. The van der Waals surface area contributed by atoms with Gasteiger partial charge in [0.25, 0.3) is 0 Å². The second-order valence-corrected chi connectivity index (χ2v) is 8.64. The lowest BCUT2D eigenvalue weighted by molar-refractivity contribution is 1.21. The van der Waals surface area contributed by atoms with Crippen LogP contribution in [0.25, 0.3) is 22.3 Å². The minimum absolute atomic E-state index is 1.04. The van der Waals surface area contributed by atoms with Gasteiger partial charge in [-0.15, -0.1) is 0 Å². The van der Waals surface area contributed by atoms with Crippen LogP contribution in [0.1, 0.15) is 41.9 Å². The number of benzene rings is 3. The summed E-state index contributed by atoms with van der Waals surface area (Å²) in [5.74, 6) is 0. The SMILES string of the molecule is CC1=NC(=C(c2ccccc2)c2[nH]c(C)c(-c3ccccc3)c2C)C(C)=C1c1ccccc1. The Morgan fingerprint density at radius 1 is 0.667 bits per heavy atom. The zero-order valence-electron chi connectivity index (χ0n) is 19.6. The largest absolute Gasteiger partial charge is 0.358 e. The standard InChI is InChI=1S/C31H28N2/c1-20-27(24-14-8-5-9-15-24)22(3)32-30(20)29(26-18-12-7-13-19-26)31-21(2)28(23(4)33-31)25-16-10-6-11-17-25/h5-19,32H,1-4H3. The van der Waals surface area contributed by atoms with Crippen LogP contribution >= 0.6 is 0 Å². The van der Waals surface area contributed by atoms with E-state index >= 15 is 0 Å². The number of allylic oxidation sites excluding steroid dienone is 2. The summed E-state index contributed by atoms with van der Waals surface area (Å²) in [5.41, 5.74) is 14.1. The zero-order valence-corrected chi connectivity index (χ0v) is 19.6. The summed E-state index contributed by atoms with van der Waals surface area (Å²) in [6, 6.07) is 31.8. The first-order valence-electron chi connectivity index (χ1n) is 11.4. The monoisotopic (exact) mass is 428 g/mol. The lowest BCUT2D eigenvalue weighted by Crippen LogP contribution is -1.97. The maximum Gasteiger partial charge on any atom is 0.0768 e. The van der Waals surface area contributed by atoms with Gasteiger partial charge in [-0.3, -0.25) is 4.99 Å². The van der Waals surface area contributed by atoms with Gasteiger partial charge in [-0.05, 0) is 55.5 Å². The van der Waals surface area contributed by atoms with Crippen LogP contribution in [0.4, 0.5) is 0 Å². The van der Waals surface area contributed by atoms with Gasteiger partial charge in [0, 0.05) is 28.1 Å². The summed E-state index contributed by atoms with van der Waals surface area (Å²) < 4.78 is 0. The number of H-pyrrole nitrogens is 1. The molecule has 162 valence electrons. The number of nitrogens with one attached hydrogen (secondary N) is 1. The summed E-state index contributed by atoms with van der Waals surface area (Å²) in [4.78, 5) is 8.86. The van der Waals surface area contributed by atoms with Crippen LogP contribution in [-0.4, -0.2) is 10.7 Å². The van der Waals surface area contributed by atoms with Crippen LogP contribution in [0.2, 0.25) is 0 Å². The van der Waals surface area contributed by atoms with Crippen molar-refractivity contribution in [1.29, 1.82) is 0 Å². The van der Waals surface area contributed by atoms with E-state index in [0.717, 1.165) is 22.7 Å². The van der Waals surface area contributed by atoms with Gasteiger partial charge in [0.15, 0.2) is 0 Å². The second kappa shape index (κ2) is 8.55. The fraction of sp³-hybridized carbons (Fsp3) is 0.129. The molecule has 33 heavy (non-hydrogen) atoms. The van der Waals surface area contributed by atoms with Crippen LogP contribution in [0.3, 0.4) is 0 Å². The Balaban J connectivity index is 1.79. The molecule has 0 fully saturated rings. The third-order valence-electron chi connectivity index (χ3n) is 6.48. The van der Waals surface area contributed by atoms with Crippen molar-refractivity contribution in [3.05, 3.63) is 130 Å². The fourth-order valence-corrected chi connectivity index (χ4v) is 5.01. The number of aliphatic imine (C=N–C) groups is 1. The van der Waals surface area contributed by atoms with E-state index in [9.17, 15) is 0 Å². The lowest BCUT2D eigenvalue weighted by atomic mass is 9.91. The second-order valence-electron chi connectivity index (χ2n) is 8.64. The van der Waals surface area contributed by atoms with E-state index in [4.69, 9.17) is 4.99 Å². The van der Waals surface area contributed by atoms with Crippen molar-refractivity contribution in [1.82, 2.24) is 4.98 Å². The van der Waals surface area contributed by atoms with Crippen molar-refractivity contribution in [3.8, 4) is 11.1 Å². The molecule has 0 spiro atoms. The molecule has 0 unspecified atom stereocenters. The molecular formula is C31H28N2. The Kier molecular flexibility index (Phi) is 5.43. The molecule has 2 nitrogen and oxygen atoms in total. The number of aromatic amines is 1. The van der Waals surface area contributed by atoms with Crippen molar-refractivity contribution in [2.75, 3.05) is 0 Å². The molecule has 0 bridgehead atoms. The summed E-state index contributed by atoms with van der Waals surface area (Å²) in [6.07, 6.45) is 0.